The molecule has 1 aromatic rings. The number of morpholine rings is 1. The predicted octanol–water partition coefficient (Wildman–Crippen LogP) is 0.873. The number of hydrogen-bond donors (Lipinski definition) is 2. The average molecular weight is 250 g/mol. The van der Waals surface area contributed by atoms with E-state index in [1.54, 1.807) is 6.07 Å². The van der Waals surface area contributed by atoms with Crippen molar-refractivity contribution in [1.29, 1.82) is 0 Å². The zero-order valence-electron chi connectivity index (χ0n) is 10.4. The third kappa shape index (κ3) is 3.21. The summed E-state index contributed by atoms with van der Waals surface area (Å²) in [4.78, 5) is 11.6. The van der Waals surface area contributed by atoms with Gasteiger partial charge in [-0.25, -0.2) is 4.79 Å². The largest absolute Gasteiger partial charge is 0.465 e. The number of carbonyl (C=O) groups excluding carboxylic acids is 1. The van der Waals surface area contributed by atoms with E-state index in [9.17, 15) is 4.79 Å². The molecule has 98 valence electrons. The lowest BCUT2D eigenvalue weighted by atomic mass is 10.1. The maximum absolute atomic E-state index is 11.6. The van der Waals surface area contributed by atoms with Crippen LogP contribution in [0.1, 0.15) is 10.4 Å². The Bertz CT molecular complexity index is 403. The van der Waals surface area contributed by atoms with Crippen LogP contribution in [-0.4, -0.2) is 45.4 Å². The summed E-state index contributed by atoms with van der Waals surface area (Å²) in [5.74, 6) is -0.333. The Morgan fingerprint density at radius 3 is 3.11 bits per heavy atom. The van der Waals surface area contributed by atoms with Gasteiger partial charge in [-0.05, 0) is 12.1 Å². The molecule has 0 aliphatic carbocycles. The number of esters is 1. The number of anilines is 1. The molecule has 1 aromatic carbocycles. The smallest absolute Gasteiger partial charge is 0.339 e. The molecule has 1 saturated heterocycles. The first-order chi connectivity index (χ1) is 8.81. The van der Waals surface area contributed by atoms with E-state index >= 15 is 0 Å². The van der Waals surface area contributed by atoms with Crippen molar-refractivity contribution in [3.63, 3.8) is 0 Å². The van der Waals surface area contributed by atoms with Gasteiger partial charge < -0.3 is 20.1 Å². The molecule has 0 amide bonds. The summed E-state index contributed by atoms with van der Waals surface area (Å²) >= 11 is 0. The van der Waals surface area contributed by atoms with Gasteiger partial charge in [0.15, 0.2) is 0 Å². The minimum Gasteiger partial charge on any atom is -0.465 e. The number of ether oxygens (including phenoxy) is 2. The van der Waals surface area contributed by atoms with Crippen molar-refractivity contribution in [2.45, 2.75) is 6.10 Å². The number of methoxy groups -OCH3 is 1. The SMILES string of the molecule is COC(=O)c1ccccc1NCC1CNCCO1. The molecule has 0 aromatic heterocycles. The summed E-state index contributed by atoms with van der Waals surface area (Å²) in [5.41, 5.74) is 1.32. The molecule has 0 radical (unpaired) electrons. The van der Waals surface area contributed by atoms with E-state index in [0.29, 0.717) is 12.1 Å². The van der Waals surface area contributed by atoms with Gasteiger partial charge in [-0.15, -0.1) is 0 Å². The van der Waals surface area contributed by atoms with Gasteiger partial charge >= 0.3 is 5.97 Å². The lowest BCUT2D eigenvalue weighted by molar-refractivity contribution is 0.0371. The predicted molar refractivity (Wildman–Crippen MR) is 68.9 cm³/mol. The zero-order chi connectivity index (χ0) is 12.8. The highest BCUT2D eigenvalue weighted by Crippen LogP contribution is 2.16. The Hall–Kier alpha value is -1.59. The van der Waals surface area contributed by atoms with E-state index in [4.69, 9.17) is 9.47 Å². The molecule has 0 spiro atoms. The van der Waals surface area contributed by atoms with E-state index in [2.05, 4.69) is 10.6 Å². The van der Waals surface area contributed by atoms with Crippen molar-refractivity contribution in [1.82, 2.24) is 5.32 Å². The average Bonchev–Trinajstić information content (AvgIpc) is 2.45. The van der Waals surface area contributed by atoms with Crippen LogP contribution in [0.5, 0.6) is 0 Å². The molecule has 1 atom stereocenters. The summed E-state index contributed by atoms with van der Waals surface area (Å²) in [5, 5.41) is 6.50. The molecule has 5 heteroatoms. The molecule has 1 aliphatic rings. The number of nitrogens with one attached hydrogen (secondary N) is 2. The molecular formula is C13H18N2O3. The molecule has 2 N–H and O–H groups in total. The summed E-state index contributed by atoms with van der Waals surface area (Å²) in [6, 6.07) is 7.31. The third-order valence-corrected chi connectivity index (χ3v) is 2.86. The maximum Gasteiger partial charge on any atom is 0.339 e. The molecule has 1 heterocycles. The van der Waals surface area contributed by atoms with Crippen molar-refractivity contribution >= 4 is 11.7 Å². The van der Waals surface area contributed by atoms with Crippen LogP contribution in [0.3, 0.4) is 0 Å². The summed E-state index contributed by atoms with van der Waals surface area (Å²) in [6.07, 6.45) is 0.129. The van der Waals surface area contributed by atoms with E-state index in [1.165, 1.54) is 7.11 Å². The number of benzene rings is 1. The third-order valence-electron chi connectivity index (χ3n) is 2.86. The van der Waals surface area contributed by atoms with Crippen molar-refractivity contribution < 1.29 is 14.3 Å². The van der Waals surface area contributed by atoms with E-state index in [-0.39, 0.29) is 12.1 Å². The maximum atomic E-state index is 11.6. The van der Waals surface area contributed by atoms with Gasteiger partial charge in [-0.2, -0.15) is 0 Å². The van der Waals surface area contributed by atoms with Crippen LogP contribution < -0.4 is 10.6 Å². The minimum atomic E-state index is -0.333. The quantitative estimate of drug-likeness (QED) is 0.777. The first-order valence-electron chi connectivity index (χ1n) is 6.05. The highest BCUT2D eigenvalue weighted by atomic mass is 16.5. The van der Waals surface area contributed by atoms with Crippen molar-refractivity contribution in [3.05, 3.63) is 29.8 Å². The number of hydrogen-bond acceptors (Lipinski definition) is 5. The second kappa shape index (κ2) is 6.37. The van der Waals surface area contributed by atoms with E-state index in [0.717, 1.165) is 25.4 Å². The van der Waals surface area contributed by atoms with Crippen molar-refractivity contribution in [2.75, 3.05) is 38.7 Å². The van der Waals surface area contributed by atoms with Crippen LogP contribution in [-0.2, 0) is 9.47 Å². The van der Waals surface area contributed by atoms with E-state index in [1.807, 2.05) is 18.2 Å². The number of rotatable bonds is 4. The molecule has 0 saturated carbocycles. The highest BCUT2D eigenvalue weighted by Gasteiger charge is 2.15. The van der Waals surface area contributed by atoms with Crippen molar-refractivity contribution in [3.8, 4) is 0 Å². The van der Waals surface area contributed by atoms with Crippen molar-refractivity contribution in [2.24, 2.45) is 0 Å². The van der Waals surface area contributed by atoms with Gasteiger partial charge in [0.25, 0.3) is 0 Å². The minimum absolute atomic E-state index is 0.129. The molecule has 1 unspecified atom stereocenters. The Kier molecular flexibility index (Phi) is 4.55. The van der Waals surface area contributed by atoms with Crippen LogP contribution in [0.15, 0.2) is 24.3 Å². The molecule has 18 heavy (non-hydrogen) atoms. The standard InChI is InChI=1S/C13H18N2O3/c1-17-13(16)11-4-2-3-5-12(11)15-9-10-8-14-6-7-18-10/h2-5,10,14-15H,6-9H2,1H3. The Labute approximate surface area is 106 Å². The zero-order valence-corrected chi connectivity index (χ0v) is 10.4. The Morgan fingerprint density at radius 1 is 1.56 bits per heavy atom. The molecule has 2 rings (SSSR count). The lowest BCUT2D eigenvalue weighted by Crippen LogP contribution is -2.42. The van der Waals surface area contributed by atoms with Crippen LogP contribution in [0.4, 0.5) is 5.69 Å². The molecule has 1 fully saturated rings. The van der Waals surface area contributed by atoms with Crippen LogP contribution in [0, 0.1) is 0 Å². The highest BCUT2D eigenvalue weighted by molar-refractivity contribution is 5.95. The van der Waals surface area contributed by atoms with Crippen LogP contribution in [0.25, 0.3) is 0 Å². The first kappa shape index (κ1) is 12.9. The number of carbonyl (C=O) groups is 1. The fourth-order valence-electron chi connectivity index (χ4n) is 1.90. The monoisotopic (exact) mass is 250 g/mol. The Balaban J connectivity index is 1.97. The Morgan fingerprint density at radius 2 is 2.39 bits per heavy atom. The normalized spacial score (nSPS) is 19.3. The summed E-state index contributed by atoms with van der Waals surface area (Å²) in [7, 11) is 1.38. The molecule has 0 bridgehead atoms. The van der Waals surface area contributed by atoms with Gasteiger partial charge in [0, 0.05) is 25.3 Å². The second-order valence-corrected chi connectivity index (χ2v) is 4.11. The lowest BCUT2D eigenvalue weighted by Gasteiger charge is -2.24. The summed E-state index contributed by atoms with van der Waals surface area (Å²) < 4.78 is 10.3. The topological polar surface area (TPSA) is 59.6 Å². The molecule has 1 aliphatic heterocycles. The van der Waals surface area contributed by atoms with Gasteiger partial charge in [-0.3, -0.25) is 0 Å². The van der Waals surface area contributed by atoms with Gasteiger partial charge in [0.1, 0.15) is 0 Å². The fourth-order valence-corrected chi connectivity index (χ4v) is 1.90. The molecular weight excluding hydrogens is 232 g/mol. The molecule has 5 nitrogen and oxygen atoms in total. The van der Waals surface area contributed by atoms with Gasteiger partial charge in [-0.1, -0.05) is 12.1 Å². The second-order valence-electron chi connectivity index (χ2n) is 4.11. The van der Waals surface area contributed by atoms with Gasteiger partial charge in [0.05, 0.1) is 25.4 Å². The fraction of sp³-hybridized carbons (Fsp3) is 0.462. The van der Waals surface area contributed by atoms with E-state index < -0.39 is 0 Å². The number of para-hydroxylation sites is 1. The van der Waals surface area contributed by atoms with Crippen LogP contribution in [0.2, 0.25) is 0 Å². The van der Waals surface area contributed by atoms with Crippen LogP contribution >= 0.6 is 0 Å². The first-order valence-corrected chi connectivity index (χ1v) is 6.05. The van der Waals surface area contributed by atoms with Gasteiger partial charge in [0.2, 0.25) is 0 Å². The summed E-state index contributed by atoms with van der Waals surface area (Å²) in [6.45, 7) is 3.12.